The number of carbonyl (C=O) groups excluding carboxylic acids is 1. The van der Waals surface area contributed by atoms with Gasteiger partial charge in [0.2, 0.25) is 0 Å². The highest BCUT2D eigenvalue weighted by atomic mass is 16.1. The molecule has 0 atom stereocenters. The molecule has 2 aromatic carbocycles. The lowest BCUT2D eigenvalue weighted by Gasteiger charge is -2.12. The van der Waals surface area contributed by atoms with Crippen LogP contribution in [0, 0.1) is 5.92 Å². The summed E-state index contributed by atoms with van der Waals surface area (Å²) in [5.74, 6) is 0.336. The molecule has 0 spiro atoms. The minimum absolute atomic E-state index is 0.0722. The van der Waals surface area contributed by atoms with Crippen molar-refractivity contribution in [1.29, 1.82) is 0 Å². The highest BCUT2D eigenvalue weighted by Crippen LogP contribution is 2.27. The van der Waals surface area contributed by atoms with Crippen molar-refractivity contribution in [1.82, 2.24) is 15.3 Å². The predicted molar refractivity (Wildman–Crippen MR) is 92.1 cm³/mol. The molecular weight excluding hydrogens is 286 g/mol. The van der Waals surface area contributed by atoms with Crippen molar-refractivity contribution in [3.63, 3.8) is 0 Å². The van der Waals surface area contributed by atoms with Crippen molar-refractivity contribution < 1.29 is 4.79 Å². The van der Waals surface area contributed by atoms with Crippen molar-refractivity contribution in [3.8, 4) is 11.3 Å². The van der Waals surface area contributed by atoms with E-state index in [1.165, 1.54) is 0 Å². The minimum atomic E-state index is -0.0722. The fourth-order valence-electron chi connectivity index (χ4n) is 2.50. The van der Waals surface area contributed by atoms with Crippen molar-refractivity contribution in [2.45, 2.75) is 13.8 Å². The highest BCUT2D eigenvalue weighted by Gasteiger charge is 2.15. The van der Waals surface area contributed by atoms with Crippen LogP contribution in [0.3, 0.4) is 0 Å². The van der Waals surface area contributed by atoms with Crippen LogP contribution in [0.4, 0.5) is 0 Å². The van der Waals surface area contributed by atoms with Gasteiger partial charge in [-0.2, -0.15) is 0 Å². The Kier molecular flexibility index (Phi) is 4.33. The molecule has 0 saturated heterocycles. The first-order valence-electron chi connectivity index (χ1n) is 7.74. The fraction of sp³-hybridized carbons (Fsp3) is 0.211. The number of aromatic nitrogens is 2. The summed E-state index contributed by atoms with van der Waals surface area (Å²) in [6.45, 7) is 4.80. The monoisotopic (exact) mass is 305 g/mol. The Labute approximate surface area is 135 Å². The third-order valence-corrected chi connectivity index (χ3v) is 3.64. The molecule has 0 aliphatic rings. The van der Waals surface area contributed by atoms with Crippen LogP contribution in [0.15, 0.2) is 54.9 Å². The van der Waals surface area contributed by atoms with Crippen LogP contribution >= 0.6 is 0 Å². The molecule has 0 unspecified atom stereocenters. The van der Waals surface area contributed by atoms with Crippen molar-refractivity contribution in [3.05, 3.63) is 60.4 Å². The number of nitrogens with zero attached hydrogens (tertiary/aromatic N) is 2. The topological polar surface area (TPSA) is 54.9 Å². The Morgan fingerprint density at radius 1 is 1.04 bits per heavy atom. The number of nitrogens with one attached hydrogen (secondary N) is 1. The number of benzene rings is 2. The average molecular weight is 305 g/mol. The van der Waals surface area contributed by atoms with Crippen molar-refractivity contribution in [2.75, 3.05) is 6.54 Å². The molecule has 1 aromatic heterocycles. The van der Waals surface area contributed by atoms with Gasteiger partial charge in [-0.05, 0) is 18.1 Å². The molecule has 1 N–H and O–H groups in total. The first kappa shape index (κ1) is 15.2. The zero-order valence-electron chi connectivity index (χ0n) is 13.3. The van der Waals surface area contributed by atoms with Gasteiger partial charge in [-0.3, -0.25) is 4.79 Å². The summed E-state index contributed by atoms with van der Waals surface area (Å²) < 4.78 is 0. The van der Waals surface area contributed by atoms with Gasteiger partial charge in [-0.15, -0.1) is 0 Å². The van der Waals surface area contributed by atoms with E-state index in [2.05, 4.69) is 29.1 Å². The van der Waals surface area contributed by atoms with Gasteiger partial charge < -0.3 is 5.32 Å². The van der Waals surface area contributed by atoms with E-state index in [1.807, 2.05) is 48.5 Å². The predicted octanol–water partition coefficient (Wildman–Crippen LogP) is 3.68. The number of rotatable bonds is 4. The minimum Gasteiger partial charge on any atom is -0.352 e. The largest absolute Gasteiger partial charge is 0.352 e. The Morgan fingerprint density at radius 2 is 1.78 bits per heavy atom. The maximum absolute atomic E-state index is 12.5. The highest BCUT2D eigenvalue weighted by molar-refractivity contribution is 6.04. The summed E-state index contributed by atoms with van der Waals surface area (Å²) in [5.41, 5.74) is 3.12. The Morgan fingerprint density at radius 3 is 2.61 bits per heavy atom. The quantitative estimate of drug-likeness (QED) is 0.800. The van der Waals surface area contributed by atoms with E-state index >= 15 is 0 Å². The number of fused-ring (bicyclic) bond motifs is 1. The summed E-state index contributed by atoms with van der Waals surface area (Å²) in [6, 6.07) is 15.4. The zero-order chi connectivity index (χ0) is 16.2. The third-order valence-electron chi connectivity index (χ3n) is 3.64. The third kappa shape index (κ3) is 3.21. The number of amides is 1. The van der Waals surface area contributed by atoms with E-state index < -0.39 is 0 Å². The first-order valence-corrected chi connectivity index (χ1v) is 7.74. The van der Waals surface area contributed by atoms with Crippen LogP contribution in [0.1, 0.15) is 24.2 Å². The van der Waals surface area contributed by atoms with Gasteiger partial charge in [0.25, 0.3) is 5.91 Å². The van der Waals surface area contributed by atoms with Crippen LogP contribution in [0.25, 0.3) is 22.2 Å². The normalized spacial score (nSPS) is 10.9. The lowest BCUT2D eigenvalue weighted by atomic mass is 10.00. The van der Waals surface area contributed by atoms with Crippen LogP contribution < -0.4 is 5.32 Å². The smallest absolute Gasteiger partial charge is 0.251 e. The molecule has 0 radical (unpaired) electrons. The van der Waals surface area contributed by atoms with Gasteiger partial charge in [0, 0.05) is 23.1 Å². The standard InChI is InChI=1S/C19H19N3O/c1-13(2)11-20-19(23)15-8-4-3-7-14(15)18-16-9-5-6-10-17(16)21-12-22-18/h3-10,12-13H,11H2,1-2H3,(H,20,23). The summed E-state index contributed by atoms with van der Waals surface area (Å²) in [6.07, 6.45) is 1.54. The molecule has 1 amide bonds. The number of hydrogen-bond acceptors (Lipinski definition) is 3. The SMILES string of the molecule is CC(C)CNC(=O)c1ccccc1-c1ncnc2ccccc12. The summed E-state index contributed by atoms with van der Waals surface area (Å²) in [5, 5.41) is 3.92. The lowest BCUT2D eigenvalue weighted by molar-refractivity contribution is 0.0949. The van der Waals surface area contributed by atoms with Crippen molar-refractivity contribution in [2.24, 2.45) is 5.92 Å². The van der Waals surface area contributed by atoms with E-state index in [1.54, 1.807) is 6.33 Å². The van der Waals surface area contributed by atoms with Gasteiger partial charge in [0.05, 0.1) is 11.2 Å². The van der Waals surface area contributed by atoms with E-state index in [0.29, 0.717) is 18.0 Å². The van der Waals surface area contributed by atoms with E-state index in [-0.39, 0.29) is 5.91 Å². The van der Waals surface area contributed by atoms with Crippen LogP contribution in [0.2, 0.25) is 0 Å². The van der Waals surface area contributed by atoms with Crippen LogP contribution in [-0.2, 0) is 0 Å². The van der Waals surface area contributed by atoms with Gasteiger partial charge in [0.1, 0.15) is 6.33 Å². The molecule has 0 saturated carbocycles. The molecule has 4 heteroatoms. The number of hydrogen-bond donors (Lipinski definition) is 1. The molecule has 3 rings (SSSR count). The summed E-state index contributed by atoms with van der Waals surface area (Å²) in [7, 11) is 0. The van der Waals surface area contributed by atoms with Crippen LogP contribution in [-0.4, -0.2) is 22.4 Å². The Hall–Kier alpha value is -2.75. The van der Waals surface area contributed by atoms with Gasteiger partial charge in [-0.25, -0.2) is 9.97 Å². The van der Waals surface area contributed by atoms with Gasteiger partial charge in [-0.1, -0.05) is 50.2 Å². The van der Waals surface area contributed by atoms with E-state index in [4.69, 9.17) is 0 Å². The summed E-state index contributed by atoms with van der Waals surface area (Å²) >= 11 is 0. The van der Waals surface area contributed by atoms with Crippen LogP contribution in [0.5, 0.6) is 0 Å². The number of para-hydroxylation sites is 1. The molecule has 23 heavy (non-hydrogen) atoms. The molecule has 0 aliphatic carbocycles. The van der Waals surface area contributed by atoms with Gasteiger partial charge in [0.15, 0.2) is 0 Å². The first-order chi connectivity index (χ1) is 11.2. The molecule has 0 fully saturated rings. The fourth-order valence-corrected chi connectivity index (χ4v) is 2.50. The maximum atomic E-state index is 12.5. The number of carbonyl (C=O) groups is 1. The molecular formula is C19H19N3O. The second-order valence-corrected chi connectivity index (χ2v) is 5.89. The molecule has 4 nitrogen and oxygen atoms in total. The van der Waals surface area contributed by atoms with E-state index in [9.17, 15) is 4.79 Å². The maximum Gasteiger partial charge on any atom is 0.251 e. The molecule has 116 valence electrons. The molecule has 3 aromatic rings. The van der Waals surface area contributed by atoms with E-state index in [0.717, 1.165) is 22.2 Å². The lowest BCUT2D eigenvalue weighted by Crippen LogP contribution is -2.27. The second-order valence-electron chi connectivity index (χ2n) is 5.89. The molecule has 1 heterocycles. The summed E-state index contributed by atoms with van der Waals surface area (Å²) in [4.78, 5) is 21.2. The molecule has 0 bridgehead atoms. The Bertz CT molecular complexity index is 837. The van der Waals surface area contributed by atoms with Gasteiger partial charge >= 0.3 is 0 Å². The van der Waals surface area contributed by atoms with Crippen molar-refractivity contribution >= 4 is 16.8 Å². The average Bonchev–Trinajstić information content (AvgIpc) is 2.59. The molecule has 0 aliphatic heterocycles. The zero-order valence-corrected chi connectivity index (χ0v) is 13.3. The second kappa shape index (κ2) is 6.57. The Balaban J connectivity index is 2.08.